The molecule has 1 atom stereocenters. The maximum absolute atomic E-state index is 13.4. The van der Waals surface area contributed by atoms with Crippen LogP contribution in [0.25, 0.3) is 5.69 Å². The monoisotopic (exact) mass is 385 g/mol. The molecular weight excluding hydrogens is 362 g/mol. The van der Waals surface area contributed by atoms with Crippen LogP contribution in [0.2, 0.25) is 0 Å². The molecule has 3 aromatic rings. The molecule has 1 aliphatic carbocycles. The lowest BCUT2D eigenvalue weighted by Gasteiger charge is -2.08. The predicted molar refractivity (Wildman–Crippen MR) is 109 cm³/mol. The zero-order valence-electron chi connectivity index (χ0n) is 16.7. The quantitative estimate of drug-likeness (QED) is 0.500. The number of aromatic nitrogens is 4. The van der Waals surface area contributed by atoms with E-state index in [1.807, 2.05) is 54.9 Å². The Morgan fingerprint density at radius 2 is 1.76 bits per heavy atom. The molecule has 29 heavy (non-hydrogen) atoms. The van der Waals surface area contributed by atoms with Crippen molar-refractivity contribution in [2.45, 2.75) is 51.9 Å². The molecule has 2 aromatic heterocycles. The molecule has 2 heterocycles. The molecule has 4 rings (SSSR count). The van der Waals surface area contributed by atoms with Gasteiger partial charge in [0.25, 0.3) is 0 Å². The molecule has 0 saturated carbocycles. The minimum Gasteiger partial charge on any atom is -0.290 e. The first-order chi connectivity index (χ1) is 14.1. The van der Waals surface area contributed by atoms with Gasteiger partial charge in [-0.05, 0) is 57.7 Å². The summed E-state index contributed by atoms with van der Waals surface area (Å²) in [6, 6.07) is 13.8. The SMILES string of the molecule is Cc1cc(C)nc([C@@H](C#N)C(=O)c2nn(-c3ccccc3)c3c2CCCCC3)n1. The Morgan fingerprint density at radius 1 is 1.07 bits per heavy atom. The fourth-order valence-corrected chi connectivity index (χ4v) is 4.01. The molecular formula is C23H23N5O. The molecule has 0 saturated heterocycles. The summed E-state index contributed by atoms with van der Waals surface area (Å²) in [5, 5.41) is 14.5. The van der Waals surface area contributed by atoms with Gasteiger partial charge in [0, 0.05) is 22.6 Å². The summed E-state index contributed by atoms with van der Waals surface area (Å²) in [5.41, 5.74) is 4.86. The van der Waals surface area contributed by atoms with Crippen molar-refractivity contribution in [3.05, 3.63) is 70.6 Å². The number of nitrogens with zero attached hydrogens (tertiary/aromatic N) is 5. The van der Waals surface area contributed by atoms with Crippen molar-refractivity contribution in [3.63, 3.8) is 0 Å². The molecule has 0 radical (unpaired) electrons. The van der Waals surface area contributed by atoms with Gasteiger partial charge in [-0.2, -0.15) is 10.4 Å². The molecule has 0 unspecified atom stereocenters. The summed E-state index contributed by atoms with van der Waals surface area (Å²) in [5.74, 6) is -1.11. The average Bonchev–Trinajstić information content (AvgIpc) is 2.89. The van der Waals surface area contributed by atoms with E-state index in [2.05, 4.69) is 16.0 Å². The highest BCUT2D eigenvalue weighted by Gasteiger charge is 2.32. The first kappa shape index (κ1) is 19.0. The van der Waals surface area contributed by atoms with Gasteiger partial charge in [-0.25, -0.2) is 14.6 Å². The molecule has 146 valence electrons. The summed E-state index contributed by atoms with van der Waals surface area (Å²) in [6.07, 6.45) is 4.89. The number of hydrogen-bond acceptors (Lipinski definition) is 5. The Bertz CT molecular complexity index is 1070. The zero-order chi connectivity index (χ0) is 20.4. The Balaban J connectivity index is 1.82. The van der Waals surface area contributed by atoms with Crippen LogP contribution in [0.3, 0.4) is 0 Å². The van der Waals surface area contributed by atoms with Crippen LogP contribution < -0.4 is 0 Å². The Morgan fingerprint density at radius 3 is 2.45 bits per heavy atom. The van der Waals surface area contributed by atoms with E-state index >= 15 is 0 Å². The van der Waals surface area contributed by atoms with E-state index in [4.69, 9.17) is 5.10 Å². The summed E-state index contributed by atoms with van der Waals surface area (Å²) in [7, 11) is 0. The van der Waals surface area contributed by atoms with Crippen LogP contribution in [0.15, 0.2) is 36.4 Å². The van der Waals surface area contributed by atoms with Crippen LogP contribution in [0.1, 0.15) is 64.1 Å². The largest absolute Gasteiger partial charge is 0.290 e. The fraction of sp³-hybridized carbons (Fsp3) is 0.348. The van der Waals surface area contributed by atoms with Crippen molar-refractivity contribution in [2.24, 2.45) is 0 Å². The van der Waals surface area contributed by atoms with E-state index in [9.17, 15) is 10.1 Å². The normalized spacial score (nSPS) is 14.5. The van der Waals surface area contributed by atoms with Gasteiger partial charge >= 0.3 is 0 Å². The number of ketones is 1. The minimum absolute atomic E-state index is 0.256. The number of benzene rings is 1. The van der Waals surface area contributed by atoms with Crippen molar-refractivity contribution in [2.75, 3.05) is 0 Å². The highest BCUT2D eigenvalue weighted by molar-refractivity contribution is 6.02. The highest BCUT2D eigenvalue weighted by atomic mass is 16.1. The summed E-state index contributed by atoms with van der Waals surface area (Å²) in [6.45, 7) is 3.68. The molecule has 0 fully saturated rings. The van der Waals surface area contributed by atoms with Gasteiger partial charge in [0.1, 0.15) is 5.69 Å². The second-order valence-corrected chi connectivity index (χ2v) is 7.52. The second-order valence-electron chi connectivity index (χ2n) is 7.52. The van der Waals surface area contributed by atoms with Gasteiger partial charge in [-0.15, -0.1) is 0 Å². The van der Waals surface area contributed by atoms with E-state index in [1.54, 1.807) is 0 Å². The minimum atomic E-state index is -1.06. The molecule has 1 aromatic carbocycles. The molecule has 0 N–H and O–H groups in total. The third-order valence-corrected chi connectivity index (χ3v) is 5.31. The number of aryl methyl sites for hydroxylation is 2. The van der Waals surface area contributed by atoms with Crippen LogP contribution in [-0.4, -0.2) is 25.5 Å². The average molecular weight is 385 g/mol. The topological polar surface area (TPSA) is 84.5 Å². The van der Waals surface area contributed by atoms with Crippen molar-refractivity contribution < 1.29 is 4.79 Å². The van der Waals surface area contributed by atoms with Gasteiger partial charge in [-0.1, -0.05) is 24.6 Å². The summed E-state index contributed by atoms with van der Waals surface area (Å²) < 4.78 is 1.88. The van der Waals surface area contributed by atoms with Crippen LogP contribution in [0, 0.1) is 25.2 Å². The summed E-state index contributed by atoms with van der Waals surface area (Å²) >= 11 is 0. The van der Waals surface area contributed by atoms with Crippen molar-refractivity contribution in [1.82, 2.24) is 19.7 Å². The van der Waals surface area contributed by atoms with Crippen LogP contribution in [0.4, 0.5) is 0 Å². The van der Waals surface area contributed by atoms with Crippen molar-refractivity contribution >= 4 is 5.78 Å². The zero-order valence-corrected chi connectivity index (χ0v) is 16.7. The molecule has 0 aliphatic heterocycles. The number of para-hydroxylation sites is 1. The van der Waals surface area contributed by atoms with Gasteiger partial charge in [-0.3, -0.25) is 4.79 Å². The fourth-order valence-electron chi connectivity index (χ4n) is 4.01. The van der Waals surface area contributed by atoms with E-state index in [1.165, 1.54) is 0 Å². The molecule has 0 bridgehead atoms. The Hall–Kier alpha value is -3.33. The molecule has 1 aliphatic rings. The number of carbonyl (C=O) groups excluding carboxylic acids is 1. The van der Waals surface area contributed by atoms with Gasteiger partial charge < -0.3 is 0 Å². The third-order valence-electron chi connectivity index (χ3n) is 5.31. The smallest absolute Gasteiger partial charge is 0.208 e. The van der Waals surface area contributed by atoms with Crippen molar-refractivity contribution in [3.8, 4) is 11.8 Å². The molecule has 6 heteroatoms. The maximum Gasteiger partial charge on any atom is 0.208 e. The van der Waals surface area contributed by atoms with Gasteiger partial charge in [0.2, 0.25) is 5.78 Å². The lowest BCUT2D eigenvalue weighted by molar-refractivity contribution is 0.0970. The van der Waals surface area contributed by atoms with E-state index in [0.29, 0.717) is 5.69 Å². The Kier molecular flexibility index (Phi) is 5.22. The number of carbonyl (C=O) groups is 1. The number of fused-ring (bicyclic) bond motifs is 1. The Labute approximate surface area is 170 Å². The molecule has 6 nitrogen and oxygen atoms in total. The number of rotatable bonds is 4. The standard InChI is InChI=1S/C23H23N5O/c1-15-13-16(2)26-23(25-15)19(14-24)22(29)21-18-11-7-4-8-12-20(18)28(27-21)17-9-5-3-6-10-17/h3,5-6,9-10,13,19H,4,7-8,11-12H2,1-2H3/t19-/m0/s1. The number of Topliss-reactive ketones (excluding diaryl/α,β-unsaturated/α-hetero) is 1. The maximum atomic E-state index is 13.4. The second kappa shape index (κ2) is 7.96. The predicted octanol–water partition coefficient (Wildman–Crippen LogP) is 4.04. The van der Waals surface area contributed by atoms with Gasteiger partial charge in [0.15, 0.2) is 11.7 Å². The molecule has 0 amide bonds. The highest BCUT2D eigenvalue weighted by Crippen LogP contribution is 2.29. The van der Waals surface area contributed by atoms with Crippen LogP contribution in [-0.2, 0) is 12.8 Å². The summed E-state index contributed by atoms with van der Waals surface area (Å²) in [4.78, 5) is 22.2. The third kappa shape index (κ3) is 3.68. The molecule has 0 spiro atoms. The number of hydrogen-bond donors (Lipinski definition) is 0. The van der Waals surface area contributed by atoms with E-state index < -0.39 is 5.92 Å². The van der Waals surface area contributed by atoms with E-state index in [0.717, 1.165) is 60.4 Å². The number of nitriles is 1. The first-order valence-electron chi connectivity index (χ1n) is 10.0. The van der Waals surface area contributed by atoms with Crippen molar-refractivity contribution in [1.29, 1.82) is 5.26 Å². The van der Waals surface area contributed by atoms with E-state index in [-0.39, 0.29) is 11.6 Å². The van der Waals surface area contributed by atoms with Gasteiger partial charge in [0.05, 0.1) is 11.8 Å². The first-order valence-corrected chi connectivity index (χ1v) is 10.0. The van der Waals surface area contributed by atoms with Crippen LogP contribution in [0.5, 0.6) is 0 Å². The van der Waals surface area contributed by atoms with Crippen LogP contribution >= 0.6 is 0 Å². The lowest BCUT2D eigenvalue weighted by Crippen LogP contribution is -2.17. The lowest BCUT2D eigenvalue weighted by atomic mass is 9.96.